The molecule has 0 aromatic rings. The SMILES string of the molecule is CNC.O=S(=O)([O-])[O-]. The summed E-state index contributed by atoms with van der Waals surface area (Å²) in [4.78, 5) is 0. The summed E-state index contributed by atoms with van der Waals surface area (Å²) in [6.07, 6.45) is 0. The minimum Gasteiger partial charge on any atom is -0.759 e. The van der Waals surface area contributed by atoms with E-state index < -0.39 is 10.4 Å². The van der Waals surface area contributed by atoms with Crippen molar-refractivity contribution < 1.29 is 17.5 Å². The van der Waals surface area contributed by atoms with Crippen LogP contribution >= 0.6 is 0 Å². The van der Waals surface area contributed by atoms with Crippen LogP contribution in [-0.2, 0) is 10.4 Å². The van der Waals surface area contributed by atoms with Crippen LogP contribution in [0.2, 0.25) is 0 Å². The third kappa shape index (κ3) is 4710. The normalized spacial score (nSPS) is 9.50. The molecule has 0 aromatic carbocycles. The average molecular weight is 141 g/mol. The number of hydrogen-bond acceptors (Lipinski definition) is 5. The first-order chi connectivity index (χ1) is 3.41. The molecule has 5 nitrogen and oxygen atoms in total. The molecule has 0 bridgehead atoms. The largest absolute Gasteiger partial charge is 0.759 e. The molecular weight excluding hydrogens is 134 g/mol. The molecule has 0 aliphatic rings. The van der Waals surface area contributed by atoms with Gasteiger partial charge in [0.25, 0.3) is 0 Å². The van der Waals surface area contributed by atoms with Gasteiger partial charge in [0.05, 0.1) is 0 Å². The Hall–Kier alpha value is -0.170. The third-order valence-corrected chi connectivity index (χ3v) is 0. The van der Waals surface area contributed by atoms with Gasteiger partial charge in [-0.3, -0.25) is 8.42 Å². The van der Waals surface area contributed by atoms with Crippen molar-refractivity contribution in [3.05, 3.63) is 0 Å². The quantitative estimate of drug-likeness (QED) is 0.327. The lowest BCUT2D eigenvalue weighted by Gasteiger charge is -2.06. The smallest absolute Gasteiger partial charge is 0.0311 e. The molecule has 0 fully saturated rings. The molecule has 0 saturated heterocycles. The molecular formula is C2H7NO4S-2. The summed E-state index contributed by atoms with van der Waals surface area (Å²) < 4.78 is 34.1. The van der Waals surface area contributed by atoms with E-state index in [2.05, 4.69) is 5.32 Å². The summed E-state index contributed by atoms with van der Waals surface area (Å²) in [6, 6.07) is 0. The van der Waals surface area contributed by atoms with Gasteiger partial charge in [0.15, 0.2) is 0 Å². The Labute approximate surface area is 48.3 Å². The van der Waals surface area contributed by atoms with Gasteiger partial charge in [-0.15, -0.1) is 0 Å². The highest BCUT2D eigenvalue weighted by molar-refractivity contribution is 7.79. The minimum atomic E-state index is -5.17. The van der Waals surface area contributed by atoms with Crippen LogP contribution in [0.5, 0.6) is 0 Å². The zero-order valence-electron chi connectivity index (χ0n) is 4.54. The molecule has 0 aliphatic heterocycles. The van der Waals surface area contributed by atoms with Crippen molar-refractivity contribution in [3.63, 3.8) is 0 Å². The topological polar surface area (TPSA) is 92.3 Å². The predicted molar refractivity (Wildman–Crippen MR) is 25.5 cm³/mol. The van der Waals surface area contributed by atoms with Crippen molar-refractivity contribution in [1.82, 2.24) is 5.32 Å². The Morgan fingerprint density at radius 1 is 1.25 bits per heavy atom. The molecule has 6 heteroatoms. The second-order valence-electron chi connectivity index (χ2n) is 0.908. The first kappa shape index (κ1) is 10.7. The average Bonchev–Trinajstić information content (AvgIpc) is 1.27. The van der Waals surface area contributed by atoms with Crippen molar-refractivity contribution in [2.45, 2.75) is 0 Å². The van der Waals surface area contributed by atoms with E-state index in [9.17, 15) is 0 Å². The van der Waals surface area contributed by atoms with Crippen molar-refractivity contribution in [3.8, 4) is 0 Å². The second-order valence-corrected chi connectivity index (χ2v) is 1.72. The van der Waals surface area contributed by atoms with Crippen LogP contribution in [0.3, 0.4) is 0 Å². The van der Waals surface area contributed by atoms with Crippen molar-refractivity contribution in [1.29, 1.82) is 0 Å². The maximum absolute atomic E-state index is 8.52. The molecule has 8 heavy (non-hydrogen) atoms. The number of rotatable bonds is 0. The second kappa shape index (κ2) is 4.98. The minimum absolute atomic E-state index is 1.88. The maximum Gasteiger partial charge on any atom is 0.0311 e. The molecule has 52 valence electrons. The van der Waals surface area contributed by atoms with E-state index in [-0.39, 0.29) is 0 Å². The summed E-state index contributed by atoms with van der Waals surface area (Å²) in [7, 11) is -1.42. The number of nitrogens with one attached hydrogen (secondary N) is 1. The highest BCUT2D eigenvalue weighted by Crippen LogP contribution is 1.57. The van der Waals surface area contributed by atoms with Crippen molar-refractivity contribution >= 4 is 10.4 Å². The lowest BCUT2D eigenvalue weighted by molar-refractivity contribution is 0.352. The zero-order valence-corrected chi connectivity index (χ0v) is 5.36. The summed E-state index contributed by atoms with van der Waals surface area (Å²) in [5, 5.41) is 2.75. The Morgan fingerprint density at radius 2 is 1.25 bits per heavy atom. The van der Waals surface area contributed by atoms with Gasteiger partial charge in [-0.2, -0.15) is 0 Å². The Bertz CT molecular complexity index is 108. The molecule has 1 N–H and O–H groups in total. The van der Waals surface area contributed by atoms with Gasteiger partial charge in [0.2, 0.25) is 0 Å². The van der Waals surface area contributed by atoms with Crippen LogP contribution in [0.1, 0.15) is 0 Å². The summed E-state index contributed by atoms with van der Waals surface area (Å²) in [5.74, 6) is 0. The molecule has 0 rings (SSSR count). The Kier molecular flexibility index (Phi) is 6.68. The summed E-state index contributed by atoms with van der Waals surface area (Å²) in [5.41, 5.74) is 0. The summed E-state index contributed by atoms with van der Waals surface area (Å²) in [6.45, 7) is 0. The van der Waals surface area contributed by atoms with Crippen molar-refractivity contribution in [2.24, 2.45) is 0 Å². The molecule has 0 atom stereocenters. The lowest BCUT2D eigenvalue weighted by Crippen LogP contribution is -1.91. The van der Waals surface area contributed by atoms with E-state index in [1.807, 2.05) is 14.1 Å². The fourth-order valence-corrected chi connectivity index (χ4v) is 0. The Morgan fingerprint density at radius 3 is 1.25 bits per heavy atom. The van der Waals surface area contributed by atoms with Gasteiger partial charge in [0.1, 0.15) is 0 Å². The highest BCUT2D eigenvalue weighted by Gasteiger charge is 1.49. The van der Waals surface area contributed by atoms with Crippen molar-refractivity contribution in [2.75, 3.05) is 14.1 Å². The lowest BCUT2D eigenvalue weighted by atomic mass is 11.3. The fourth-order valence-electron chi connectivity index (χ4n) is 0. The van der Waals surface area contributed by atoms with E-state index in [1.54, 1.807) is 0 Å². The van der Waals surface area contributed by atoms with E-state index in [0.29, 0.717) is 0 Å². The van der Waals surface area contributed by atoms with Gasteiger partial charge in [-0.05, 0) is 14.1 Å². The van der Waals surface area contributed by atoms with E-state index >= 15 is 0 Å². The first-order valence-corrected chi connectivity index (χ1v) is 3.00. The Balaban J connectivity index is 0. The van der Waals surface area contributed by atoms with E-state index in [1.165, 1.54) is 0 Å². The van der Waals surface area contributed by atoms with Gasteiger partial charge in [0, 0.05) is 10.4 Å². The van der Waals surface area contributed by atoms with Crippen LogP contribution in [0, 0.1) is 0 Å². The van der Waals surface area contributed by atoms with E-state index in [0.717, 1.165) is 0 Å². The molecule has 0 aliphatic carbocycles. The van der Waals surface area contributed by atoms with Gasteiger partial charge in [-0.1, -0.05) is 0 Å². The van der Waals surface area contributed by atoms with Gasteiger partial charge in [-0.25, -0.2) is 0 Å². The summed E-state index contributed by atoms with van der Waals surface area (Å²) >= 11 is 0. The number of hydrogen-bond donors (Lipinski definition) is 1. The molecule has 0 unspecified atom stereocenters. The molecule has 0 heterocycles. The van der Waals surface area contributed by atoms with Crippen LogP contribution in [0.25, 0.3) is 0 Å². The highest BCUT2D eigenvalue weighted by atomic mass is 32.3. The van der Waals surface area contributed by atoms with E-state index in [4.69, 9.17) is 17.5 Å². The van der Waals surface area contributed by atoms with Crippen LogP contribution in [0.15, 0.2) is 0 Å². The van der Waals surface area contributed by atoms with Gasteiger partial charge >= 0.3 is 0 Å². The van der Waals surface area contributed by atoms with Crippen LogP contribution in [0.4, 0.5) is 0 Å². The van der Waals surface area contributed by atoms with Gasteiger partial charge < -0.3 is 14.4 Å². The third-order valence-electron chi connectivity index (χ3n) is 0. The molecule has 0 saturated carbocycles. The zero-order chi connectivity index (χ0) is 7.21. The first-order valence-electron chi connectivity index (χ1n) is 1.67. The fraction of sp³-hybridized carbons (Fsp3) is 1.00. The van der Waals surface area contributed by atoms with Crippen LogP contribution < -0.4 is 5.32 Å². The molecule has 0 radical (unpaired) electrons. The molecule has 0 spiro atoms. The predicted octanol–water partition coefficient (Wildman–Crippen LogP) is -1.50. The standard InChI is InChI=1S/C2H7N.H2O4S/c1-3-2;1-5(2,3)4/h3H,1-2H3;(H2,1,2,3,4)/p-2. The molecule has 0 aromatic heterocycles. The maximum atomic E-state index is 8.52. The molecule has 0 amide bonds. The monoisotopic (exact) mass is 141 g/mol. The van der Waals surface area contributed by atoms with Crippen LogP contribution in [-0.4, -0.2) is 31.6 Å².